The molecular formula is C15H23NO. The molecule has 0 heterocycles. The van der Waals surface area contributed by atoms with Crippen LogP contribution in [0.1, 0.15) is 26.2 Å². The molecule has 0 unspecified atom stereocenters. The molecule has 2 heteroatoms. The highest BCUT2D eigenvalue weighted by Gasteiger charge is 1.94. The monoisotopic (exact) mass is 233 g/mol. The van der Waals surface area contributed by atoms with Crippen LogP contribution in [0.2, 0.25) is 0 Å². The molecule has 3 N–H and O–H groups in total. The Hall–Kier alpha value is -1.54. The third-order valence-electron chi connectivity index (χ3n) is 2.35. The summed E-state index contributed by atoms with van der Waals surface area (Å²) in [7, 11) is 0. The van der Waals surface area contributed by atoms with Crippen LogP contribution < -0.4 is 5.73 Å². The van der Waals surface area contributed by atoms with Crippen molar-refractivity contribution in [3.8, 4) is 0 Å². The zero-order chi connectivity index (χ0) is 12.9. The van der Waals surface area contributed by atoms with Crippen LogP contribution in [0, 0.1) is 0 Å². The van der Waals surface area contributed by atoms with Gasteiger partial charge in [-0.25, -0.2) is 0 Å². The van der Waals surface area contributed by atoms with E-state index in [9.17, 15) is 0 Å². The molecule has 0 amide bonds. The summed E-state index contributed by atoms with van der Waals surface area (Å²) in [5, 5.41) is 8.63. The van der Waals surface area contributed by atoms with Gasteiger partial charge in [0.25, 0.3) is 0 Å². The molecule has 0 radical (unpaired) electrons. The van der Waals surface area contributed by atoms with Gasteiger partial charge in [-0.3, -0.25) is 0 Å². The first kappa shape index (κ1) is 15.5. The van der Waals surface area contributed by atoms with Gasteiger partial charge in [-0.2, -0.15) is 0 Å². The zero-order valence-corrected chi connectivity index (χ0v) is 10.6. The lowest BCUT2D eigenvalue weighted by Crippen LogP contribution is -1.96. The van der Waals surface area contributed by atoms with Crippen molar-refractivity contribution >= 4 is 0 Å². The molecule has 0 aromatic carbocycles. The smallest absolute Gasteiger partial charge is 0.0791 e. The molecule has 0 aromatic rings. The van der Waals surface area contributed by atoms with E-state index in [1.165, 1.54) is 0 Å². The first-order valence-corrected chi connectivity index (χ1v) is 5.96. The summed E-state index contributed by atoms with van der Waals surface area (Å²) >= 11 is 0. The van der Waals surface area contributed by atoms with Crippen LogP contribution in [0.3, 0.4) is 0 Å². The minimum absolute atomic E-state index is 0.753. The topological polar surface area (TPSA) is 46.2 Å². The van der Waals surface area contributed by atoms with E-state index in [0.717, 1.165) is 43.2 Å². The van der Waals surface area contributed by atoms with Gasteiger partial charge >= 0.3 is 0 Å². The fourth-order valence-corrected chi connectivity index (χ4v) is 1.40. The lowest BCUT2D eigenvalue weighted by molar-refractivity contribution is 0.473. The van der Waals surface area contributed by atoms with E-state index < -0.39 is 0 Å². The van der Waals surface area contributed by atoms with Gasteiger partial charge in [0, 0.05) is 0 Å². The van der Waals surface area contributed by atoms with Crippen LogP contribution in [-0.2, 0) is 0 Å². The molecule has 0 aromatic heterocycles. The Morgan fingerprint density at radius 1 is 1.29 bits per heavy atom. The van der Waals surface area contributed by atoms with Crippen LogP contribution in [0.4, 0.5) is 0 Å². The van der Waals surface area contributed by atoms with Crippen LogP contribution >= 0.6 is 0 Å². The lowest BCUT2D eigenvalue weighted by Gasteiger charge is -2.01. The molecule has 0 rings (SSSR count). The molecule has 2 nitrogen and oxygen atoms in total. The highest BCUT2D eigenvalue weighted by Crippen LogP contribution is 2.13. The Labute approximate surface area is 105 Å². The number of aliphatic hydroxyl groups is 1. The van der Waals surface area contributed by atoms with Crippen molar-refractivity contribution < 1.29 is 5.11 Å². The first-order chi connectivity index (χ1) is 8.29. The standard InChI is InChI=1S/C15H23NO/c1-3-14(10-7-5-6-8-12-16)15(4-2)11-9-13-17/h3-4,7,9-11,13,17H,2,5-6,8,12,16H2,1H3/b10-7-,13-9+,14-3+,15-11+. The molecule has 17 heavy (non-hydrogen) atoms. The second-order valence-electron chi connectivity index (χ2n) is 3.60. The van der Waals surface area contributed by atoms with Gasteiger partial charge in [0.15, 0.2) is 0 Å². The Bertz CT molecular complexity index is 322. The maximum Gasteiger partial charge on any atom is 0.0791 e. The molecule has 94 valence electrons. The molecular weight excluding hydrogens is 210 g/mol. The molecule has 0 aliphatic heterocycles. The quantitative estimate of drug-likeness (QED) is 0.380. The number of aliphatic hydroxyl groups excluding tert-OH is 1. The Morgan fingerprint density at radius 2 is 2.06 bits per heavy atom. The summed E-state index contributed by atoms with van der Waals surface area (Å²) in [6.45, 7) is 6.50. The second kappa shape index (κ2) is 11.0. The third kappa shape index (κ3) is 7.36. The normalized spacial score (nSPS) is 13.8. The van der Waals surface area contributed by atoms with Crippen LogP contribution in [-0.4, -0.2) is 11.7 Å². The number of hydrogen-bond acceptors (Lipinski definition) is 2. The number of rotatable bonds is 8. The van der Waals surface area contributed by atoms with E-state index in [4.69, 9.17) is 10.8 Å². The minimum Gasteiger partial charge on any atom is -0.516 e. The molecule has 0 fully saturated rings. The summed E-state index contributed by atoms with van der Waals surface area (Å²) in [5.74, 6) is 0. The van der Waals surface area contributed by atoms with Crippen molar-refractivity contribution in [2.24, 2.45) is 5.73 Å². The summed E-state index contributed by atoms with van der Waals surface area (Å²) < 4.78 is 0. The largest absolute Gasteiger partial charge is 0.516 e. The maximum atomic E-state index is 8.63. The van der Waals surface area contributed by atoms with Crippen LogP contribution in [0.25, 0.3) is 0 Å². The van der Waals surface area contributed by atoms with Crippen molar-refractivity contribution in [2.45, 2.75) is 26.2 Å². The highest BCUT2D eigenvalue weighted by atomic mass is 16.2. The summed E-state index contributed by atoms with van der Waals surface area (Å²) in [4.78, 5) is 0. The van der Waals surface area contributed by atoms with Crippen molar-refractivity contribution in [3.63, 3.8) is 0 Å². The van der Waals surface area contributed by atoms with E-state index in [1.54, 1.807) is 12.2 Å². The SMILES string of the molecule is C=CC(=C\C=C\O)/C(/C=C\CCCCN)=C/C. The van der Waals surface area contributed by atoms with E-state index in [-0.39, 0.29) is 0 Å². The van der Waals surface area contributed by atoms with Crippen molar-refractivity contribution in [1.29, 1.82) is 0 Å². The third-order valence-corrected chi connectivity index (χ3v) is 2.35. The number of nitrogens with two attached hydrogens (primary N) is 1. The molecule has 0 saturated carbocycles. The van der Waals surface area contributed by atoms with Crippen LogP contribution in [0.5, 0.6) is 0 Å². The van der Waals surface area contributed by atoms with Gasteiger partial charge in [-0.15, -0.1) is 0 Å². The minimum atomic E-state index is 0.753. The molecule has 0 atom stereocenters. The lowest BCUT2D eigenvalue weighted by atomic mass is 10.0. The van der Waals surface area contributed by atoms with Crippen LogP contribution in [0.15, 0.2) is 60.4 Å². The molecule has 0 bridgehead atoms. The van der Waals surface area contributed by atoms with Gasteiger partial charge in [0.2, 0.25) is 0 Å². The van der Waals surface area contributed by atoms with Crippen molar-refractivity contribution in [3.05, 3.63) is 60.4 Å². The average Bonchev–Trinajstić information content (AvgIpc) is 2.36. The number of allylic oxidation sites excluding steroid dienone is 8. The van der Waals surface area contributed by atoms with E-state index in [0.29, 0.717) is 0 Å². The van der Waals surface area contributed by atoms with Gasteiger partial charge in [-0.05, 0) is 50.0 Å². The number of unbranched alkanes of at least 4 members (excludes halogenated alkanes) is 2. The highest BCUT2D eigenvalue weighted by molar-refractivity contribution is 5.46. The molecule has 0 spiro atoms. The zero-order valence-electron chi connectivity index (χ0n) is 10.6. The Morgan fingerprint density at radius 3 is 2.59 bits per heavy atom. The fraction of sp³-hybridized carbons (Fsp3) is 0.333. The first-order valence-electron chi connectivity index (χ1n) is 5.96. The summed E-state index contributed by atoms with van der Waals surface area (Å²) in [6, 6.07) is 0. The molecule has 0 aliphatic carbocycles. The molecule has 0 saturated heterocycles. The van der Waals surface area contributed by atoms with Gasteiger partial charge in [-0.1, -0.05) is 37.0 Å². The molecule has 0 aliphatic rings. The van der Waals surface area contributed by atoms with E-state index in [1.807, 2.05) is 19.1 Å². The maximum absolute atomic E-state index is 8.63. The predicted octanol–water partition coefficient (Wildman–Crippen LogP) is 3.80. The van der Waals surface area contributed by atoms with Crippen molar-refractivity contribution in [1.82, 2.24) is 0 Å². The van der Waals surface area contributed by atoms with Crippen molar-refractivity contribution in [2.75, 3.05) is 6.54 Å². The fourth-order valence-electron chi connectivity index (χ4n) is 1.40. The number of hydrogen-bond donors (Lipinski definition) is 2. The summed E-state index contributed by atoms with van der Waals surface area (Å²) in [5.41, 5.74) is 7.53. The van der Waals surface area contributed by atoms with E-state index >= 15 is 0 Å². The van der Waals surface area contributed by atoms with Gasteiger partial charge in [0.05, 0.1) is 6.26 Å². The summed E-state index contributed by atoms with van der Waals surface area (Å²) in [6.07, 6.45) is 15.7. The van der Waals surface area contributed by atoms with E-state index in [2.05, 4.69) is 18.7 Å². The Kier molecular flexibility index (Phi) is 9.97. The average molecular weight is 233 g/mol. The van der Waals surface area contributed by atoms with Gasteiger partial charge < -0.3 is 10.8 Å². The second-order valence-corrected chi connectivity index (χ2v) is 3.60. The van der Waals surface area contributed by atoms with Gasteiger partial charge in [0.1, 0.15) is 0 Å². The predicted molar refractivity (Wildman–Crippen MR) is 75.9 cm³/mol. The Balaban J connectivity index is 4.46.